The Morgan fingerprint density at radius 1 is 0.829 bits per heavy atom. The molecule has 2 aromatic heterocycles. The standard InChI is InChI=1S/C26H24N6O3/c33-23(31-17-15-30(16-18-31)22-13-7-8-14-27-22)19-35-26(34)24-28-25(20-9-3-1-4-10-20)32(29-24)21-11-5-2-6-12-21/h1-14H,15-19H2. The van der Waals surface area contributed by atoms with Crippen LogP contribution in [0.2, 0.25) is 0 Å². The van der Waals surface area contributed by atoms with E-state index in [1.54, 1.807) is 15.8 Å². The second-order valence-corrected chi connectivity index (χ2v) is 8.00. The number of pyridine rings is 1. The predicted molar refractivity (Wildman–Crippen MR) is 130 cm³/mol. The summed E-state index contributed by atoms with van der Waals surface area (Å²) in [6, 6.07) is 24.7. The fourth-order valence-corrected chi connectivity index (χ4v) is 3.93. The second-order valence-electron chi connectivity index (χ2n) is 8.00. The van der Waals surface area contributed by atoms with Crippen LogP contribution < -0.4 is 4.90 Å². The van der Waals surface area contributed by atoms with Gasteiger partial charge in [0.15, 0.2) is 12.4 Å². The van der Waals surface area contributed by atoms with Crippen molar-refractivity contribution in [3.63, 3.8) is 0 Å². The van der Waals surface area contributed by atoms with Crippen LogP contribution in [0.4, 0.5) is 5.82 Å². The number of benzene rings is 2. The number of ether oxygens (including phenoxy) is 1. The van der Waals surface area contributed by atoms with Crippen molar-refractivity contribution in [1.29, 1.82) is 0 Å². The van der Waals surface area contributed by atoms with Gasteiger partial charge in [-0.05, 0) is 24.3 Å². The number of hydrogen-bond donors (Lipinski definition) is 0. The van der Waals surface area contributed by atoms with Gasteiger partial charge in [0.25, 0.3) is 11.7 Å². The number of hydrogen-bond acceptors (Lipinski definition) is 7. The van der Waals surface area contributed by atoms with Crippen molar-refractivity contribution in [1.82, 2.24) is 24.6 Å². The summed E-state index contributed by atoms with van der Waals surface area (Å²) in [6.45, 7) is 2.04. The van der Waals surface area contributed by atoms with E-state index in [1.807, 2.05) is 78.9 Å². The van der Waals surface area contributed by atoms with E-state index >= 15 is 0 Å². The first kappa shape index (κ1) is 22.3. The lowest BCUT2D eigenvalue weighted by Gasteiger charge is -2.35. The number of rotatable bonds is 6. The molecule has 0 N–H and O–H groups in total. The number of para-hydroxylation sites is 1. The van der Waals surface area contributed by atoms with Crippen LogP contribution in [0.3, 0.4) is 0 Å². The Morgan fingerprint density at radius 2 is 1.51 bits per heavy atom. The molecule has 1 aliphatic rings. The number of nitrogens with zero attached hydrogens (tertiary/aromatic N) is 6. The third-order valence-electron chi connectivity index (χ3n) is 5.75. The zero-order valence-electron chi connectivity index (χ0n) is 19.0. The smallest absolute Gasteiger partial charge is 0.378 e. The van der Waals surface area contributed by atoms with Crippen LogP contribution in [0, 0.1) is 0 Å². The Balaban J connectivity index is 1.24. The van der Waals surface area contributed by atoms with E-state index in [0.717, 1.165) is 17.1 Å². The Labute approximate surface area is 202 Å². The number of anilines is 1. The SMILES string of the molecule is O=C(OCC(=O)N1CCN(c2ccccn2)CC1)c1nc(-c2ccccc2)n(-c2ccccc2)n1. The van der Waals surface area contributed by atoms with Gasteiger partial charge in [-0.25, -0.2) is 19.4 Å². The number of piperazine rings is 1. The molecule has 1 amide bonds. The lowest BCUT2D eigenvalue weighted by molar-refractivity contribution is -0.134. The maximum Gasteiger partial charge on any atom is 0.378 e. The number of carbonyl (C=O) groups is 2. The van der Waals surface area contributed by atoms with Crippen molar-refractivity contribution in [2.45, 2.75) is 0 Å². The molecular formula is C26H24N6O3. The molecule has 0 spiro atoms. The first-order valence-corrected chi connectivity index (χ1v) is 11.4. The van der Waals surface area contributed by atoms with Gasteiger partial charge in [0.1, 0.15) is 5.82 Å². The molecule has 1 saturated heterocycles. The van der Waals surface area contributed by atoms with Gasteiger partial charge in [-0.1, -0.05) is 54.6 Å². The van der Waals surface area contributed by atoms with E-state index in [2.05, 4.69) is 20.0 Å². The Morgan fingerprint density at radius 3 is 2.20 bits per heavy atom. The third kappa shape index (κ3) is 5.03. The van der Waals surface area contributed by atoms with Gasteiger partial charge in [0.2, 0.25) is 0 Å². The molecule has 176 valence electrons. The minimum Gasteiger partial charge on any atom is -0.450 e. The molecule has 5 rings (SSSR count). The molecule has 1 aliphatic heterocycles. The van der Waals surface area contributed by atoms with E-state index in [-0.39, 0.29) is 18.3 Å². The zero-order valence-corrected chi connectivity index (χ0v) is 19.0. The van der Waals surface area contributed by atoms with E-state index in [1.165, 1.54) is 0 Å². The molecule has 9 heteroatoms. The minimum atomic E-state index is -0.739. The highest BCUT2D eigenvalue weighted by Gasteiger charge is 2.25. The second kappa shape index (κ2) is 10.2. The van der Waals surface area contributed by atoms with Gasteiger partial charge >= 0.3 is 5.97 Å². The van der Waals surface area contributed by atoms with Crippen LogP contribution in [0.1, 0.15) is 10.6 Å². The van der Waals surface area contributed by atoms with Crippen LogP contribution in [0.15, 0.2) is 85.1 Å². The first-order valence-electron chi connectivity index (χ1n) is 11.4. The van der Waals surface area contributed by atoms with Crippen molar-refractivity contribution >= 4 is 17.7 Å². The Kier molecular flexibility index (Phi) is 6.47. The average molecular weight is 469 g/mol. The molecule has 0 radical (unpaired) electrons. The molecule has 3 heterocycles. The number of amides is 1. The molecule has 2 aromatic carbocycles. The lowest BCUT2D eigenvalue weighted by atomic mass is 10.2. The summed E-state index contributed by atoms with van der Waals surface area (Å²) >= 11 is 0. The average Bonchev–Trinajstić information content (AvgIpc) is 3.39. The van der Waals surface area contributed by atoms with Crippen molar-refractivity contribution in [2.24, 2.45) is 0 Å². The Bertz CT molecular complexity index is 1230. The van der Waals surface area contributed by atoms with Crippen molar-refractivity contribution in [3.8, 4) is 17.1 Å². The highest BCUT2D eigenvalue weighted by Crippen LogP contribution is 2.21. The van der Waals surface area contributed by atoms with Gasteiger partial charge < -0.3 is 14.5 Å². The first-order chi connectivity index (χ1) is 17.2. The fraction of sp³-hybridized carbons (Fsp3) is 0.192. The summed E-state index contributed by atoms with van der Waals surface area (Å²) in [6.07, 6.45) is 1.75. The van der Waals surface area contributed by atoms with Crippen molar-refractivity contribution in [3.05, 3.63) is 90.9 Å². The molecule has 0 atom stereocenters. The van der Waals surface area contributed by atoms with Crippen LogP contribution in [0.5, 0.6) is 0 Å². The maximum atomic E-state index is 12.7. The quantitative estimate of drug-likeness (QED) is 0.402. The largest absolute Gasteiger partial charge is 0.450 e. The predicted octanol–water partition coefficient (Wildman–Crippen LogP) is 2.83. The van der Waals surface area contributed by atoms with E-state index < -0.39 is 5.97 Å². The lowest BCUT2D eigenvalue weighted by Crippen LogP contribution is -2.50. The zero-order chi connectivity index (χ0) is 24.0. The summed E-state index contributed by atoms with van der Waals surface area (Å²) in [4.78, 5) is 38.0. The Hall–Kier alpha value is -4.53. The molecule has 35 heavy (non-hydrogen) atoms. The minimum absolute atomic E-state index is 0.0968. The van der Waals surface area contributed by atoms with Gasteiger partial charge in [0, 0.05) is 37.9 Å². The van der Waals surface area contributed by atoms with Crippen LogP contribution >= 0.6 is 0 Å². The van der Waals surface area contributed by atoms with Crippen LogP contribution in [-0.2, 0) is 9.53 Å². The monoisotopic (exact) mass is 468 g/mol. The van der Waals surface area contributed by atoms with Crippen molar-refractivity contribution in [2.75, 3.05) is 37.7 Å². The van der Waals surface area contributed by atoms with Crippen LogP contribution in [0.25, 0.3) is 17.1 Å². The van der Waals surface area contributed by atoms with E-state index in [4.69, 9.17) is 4.74 Å². The maximum absolute atomic E-state index is 12.7. The van der Waals surface area contributed by atoms with Gasteiger partial charge in [-0.3, -0.25) is 4.79 Å². The molecule has 4 aromatic rings. The number of carbonyl (C=O) groups excluding carboxylic acids is 2. The van der Waals surface area contributed by atoms with Gasteiger partial charge in [0.05, 0.1) is 5.69 Å². The van der Waals surface area contributed by atoms with Crippen LogP contribution in [-0.4, -0.2) is 69.3 Å². The fourth-order valence-electron chi connectivity index (χ4n) is 3.93. The molecule has 0 aliphatic carbocycles. The van der Waals surface area contributed by atoms with E-state index in [9.17, 15) is 9.59 Å². The van der Waals surface area contributed by atoms with Crippen molar-refractivity contribution < 1.29 is 14.3 Å². The summed E-state index contributed by atoms with van der Waals surface area (Å²) in [5, 5.41) is 4.38. The van der Waals surface area contributed by atoms with Gasteiger partial charge in [-0.15, -0.1) is 5.10 Å². The summed E-state index contributed by atoms with van der Waals surface area (Å²) < 4.78 is 6.90. The summed E-state index contributed by atoms with van der Waals surface area (Å²) in [5.74, 6) is 0.323. The third-order valence-corrected chi connectivity index (χ3v) is 5.75. The number of aromatic nitrogens is 4. The van der Waals surface area contributed by atoms with Gasteiger partial charge in [-0.2, -0.15) is 0 Å². The molecule has 0 saturated carbocycles. The molecule has 0 bridgehead atoms. The summed E-state index contributed by atoms with van der Waals surface area (Å²) in [5.41, 5.74) is 1.57. The summed E-state index contributed by atoms with van der Waals surface area (Å²) in [7, 11) is 0. The highest BCUT2D eigenvalue weighted by atomic mass is 16.5. The number of esters is 1. The normalized spacial score (nSPS) is 13.5. The molecular weight excluding hydrogens is 444 g/mol. The highest BCUT2D eigenvalue weighted by molar-refractivity contribution is 5.88. The molecule has 0 unspecified atom stereocenters. The van der Waals surface area contributed by atoms with E-state index in [0.29, 0.717) is 32.0 Å². The molecule has 1 fully saturated rings. The molecule has 9 nitrogen and oxygen atoms in total. The topological polar surface area (TPSA) is 93.5 Å².